The number of aryl methyl sites for hydroxylation is 1. The zero-order valence-electron chi connectivity index (χ0n) is 13.1. The molecule has 5 heteroatoms. The van der Waals surface area contributed by atoms with Crippen LogP contribution < -0.4 is 14.8 Å². The van der Waals surface area contributed by atoms with E-state index in [1.54, 1.807) is 13.3 Å². The highest BCUT2D eigenvalue weighted by molar-refractivity contribution is 5.43. The van der Waals surface area contributed by atoms with Gasteiger partial charge in [0.25, 0.3) is 0 Å². The first kappa shape index (κ1) is 15.4. The largest absolute Gasteiger partial charge is 0.493 e. The molecule has 5 nitrogen and oxygen atoms in total. The van der Waals surface area contributed by atoms with E-state index in [1.807, 2.05) is 37.0 Å². The standard InChI is InChI=1S/C16H23N3O2/c1-12(17-2)13-5-6-15(16(11-13)20-4)21-10-8-14-7-9-18-19(14)3/h5-7,9,11-12,17H,8,10H2,1-4H3. The molecular weight excluding hydrogens is 266 g/mol. The van der Waals surface area contributed by atoms with Crippen molar-refractivity contribution in [1.82, 2.24) is 15.1 Å². The second-order valence-corrected chi connectivity index (χ2v) is 4.97. The minimum Gasteiger partial charge on any atom is -0.493 e. The summed E-state index contributed by atoms with van der Waals surface area (Å²) in [4.78, 5) is 0. The summed E-state index contributed by atoms with van der Waals surface area (Å²) in [5, 5.41) is 7.36. The van der Waals surface area contributed by atoms with Crippen molar-refractivity contribution in [2.75, 3.05) is 20.8 Å². The molecule has 1 N–H and O–H groups in total. The van der Waals surface area contributed by atoms with E-state index in [9.17, 15) is 0 Å². The van der Waals surface area contributed by atoms with Gasteiger partial charge < -0.3 is 14.8 Å². The Morgan fingerprint density at radius 2 is 2.10 bits per heavy atom. The summed E-state index contributed by atoms with van der Waals surface area (Å²) in [6.45, 7) is 2.70. The Morgan fingerprint density at radius 1 is 1.29 bits per heavy atom. The molecule has 1 unspecified atom stereocenters. The number of nitrogens with zero attached hydrogens (tertiary/aromatic N) is 2. The molecule has 0 fully saturated rings. The molecule has 2 aromatic rings. The first-order chi connectivity index (χ1) is 10.2. The van der Waals surface area contributed by atoms with Gasteiger partial charge in [-0.05, 0) is 37.7 Å². The summed E-state index contributed by atoms with van der Waals surface area (Å²) in [6, 6.07) is 8.31. The van der Waals surface area contributed by atoms with Gasteiger partial charge in [0.05, 0.1) is 13.7 Å². The maximum absolute atomic E-state index is 5.84. The van der Waals surface area contributed by atoms with Crippen molar-refractivity contribution >= 4 is 0 Å². The van der Waals surface area contributed by atoms with Gasteiger partial charge in [0.1, 0.15) is 0 Å². The molecule has 0 spiro atoms. The summed E-state index contributed by atoms with van der Waals surface area (Å²) in [6.07, 6.45) is 2.61. The number of rotatable bonds is 7. The summed E-state index contributed by atoms with van der Waals surface area (Å²) < 4.78 is 13.1. The summed E-state index contributed by atoms with van der Waals surface area (Å²) in [7, 11) is 5.54. The Labute approximate surface area is 125 Å². The summed E-state index contributed by atoms with van der Waals surface area (Å²) in [5.74, 6) is 1.53. The summed E-state index contributed by atoms with van der Waals surface area (Å²) in [5.41, 5.74) is 2.32. The van der Waals surface area contributed by atoms with Crippen LogP contribution in [0.2, 0.25) is 0 Å². The van der Waals surface area contributed by atoms with Crippen molar-refractivity contribution in [2.24, 2.45) is 7.05 Å². The zero-order valence-corrected chi connectivity index (χ0v) is 13.1. The number of hydrogen-bond donors (Lipinski definition) is 1. The minimum absolute atomic E-state index is 0.280. The van der Waals surface area contributed by atoms with Crippen LogP contribution in [0.5, 0.6) is 11.5 Å². The molecule has 1 atom stereocenters. The lowest BCUT2D eigenvalue weighted by Gasteiger charge is -2.15. The molecule has 0 aliphatic carbocycles. The average Bonchev–Trinajstić information content (AvgIpc) is 2.92. The van der Waals surface area contributed by atoms with E-state index in [0.717, 1.165) is 23.6 Å². The molecule has 0 aliphatic heterocycles. The Morgan fingerprint density at radius 3 is 2.71 bits per heavy atom. The van der Waals surface area contributed by atoms with Gasteiger partial charge in [0, 0.05) is 31.4 Å². The van der Waals surface area contributed by atoms with Gasteiger partial charge in [-0.1, -0.05) is 6.07 Å². The molecule has 0 bridgehead atoms. The fourth-order valence-corrected chi connectivity index (χ4v) is 2.15. The highest BCUT2D eigenvalue weighted by Gasteiger charge is 2.09. The van der Waals surface area contributed by atoms with Crippen molar-refractivity contribution in [3.63, 3.8) is 0 Å². The Hall–Kier alpha value is -2.01. The van der Waals surface area contributed by atoms with E-state index in [4.69, 9.17) is 9.47 Å². The number of aromatic nitrogens is 2. The number of nitrogens with one attached hydrogen (secondary N) is 1. The SMILES string of the molecule is CNC(C)c1ccc(OCCc2ccnn2C)c(OC)c1. The molecule has 0 saturated carbocycles. The Kier molecular flexibility index (Phi) is 5.22. The third-order valence-corrected chi connectivity index (χ3v) is 3.66. The lowest BCUT2D eigenvalue weighted by molar-refractivity contribution is 0.295. The predicted molar refractivity (Wildman–Crippen MR) is 82.9 cm³/mol. The highest BCUT2D eigenvalue weighted by Crippen LogP contribution is 2.30. The maximum Gasteiger partial charge on any atom is 0.161 e. The molecular formula is C16H23N3O2. The molecule has 0 radical (unpaired) electrons. The van der Waals surface area contributed by atoms with Crippen LogP contribution in [0.25, 0.3) is 0 Å². The second-order valence-electron chi connectivity index (χ2n) is 4.97. The van der Waals surface area contributed by atoms with Crippen LogP contribution in [0.3, 0.4) is 0 Å². The van der Waals surface area contributed by atoms with Gasteiger partial charge >= 0.3 is 0 Å². The van der Waals surface area contributed by atoms with E-state index in [2.05, 4.69) is 23.4 Å². The highest BCUT2D eigenvalue weighted by atomic mass is 16.5. The number of hydrogen-bond acceptors (Lipinski definition) is 4. The van der Waals surface area contributed by atoms with Crippen molar-refractivity contribution in [1.29, 1.82) is 0 Å². The number of benzene rings is 1. The smallest absolute Gasteiger partial charge is 0.161 e. The zero-order chi connectivity index (χ0) is 15.2. The normalized spacial score (nSPS) is 12.2. The Bertz CT molecular complexity index is 581. The van der Waals surface area contributed by atoms with E-state index in [-0.39, 0.29) is 6.04 Å². The molecule has 2 rings (SSSR count). The lowest BCUT2D eigenvalue weighted by atomic mass is 10.1. The quantitative estimate of drug-likeness (QED) is 0.850. The number of methoxy groups -OCH3 is 1. The first-order valence-electron chi connectivity index (χ1n) is 7.10. The third kappa shape index (κ3) is 3.76. The van der Waals surface area contributed by atoms with Crippen LogP contribution in [0.1, 0.15) is 24.2 Å². The van der Waals surface area contributed by atoms with Crippen molar-refractivity contribution in [3.05, 3.63) is 41.7 Å². The summed E-state index contributed by atoms with van der Waals surface area (Å²) >= 11 is 0. The van der Waals surface area contributed by atoms with Crippen molar-refractivity contribution < 1.29 is 9.47 Å². The fourth-order valence-electron chi connectivity index (χ4n) is 2.15. The van der Waals surface area contributed by atoms with E-state index in [1.165, 1.54) is 5.56 Å². The molecule has 114 valence electrons. The first-order valence-corrected chi connectivity index (χ1v) is 7.10. The lowest BCUT2D eigenvalue weighted by Crippen LogP contribution is -2.12. The molecule has 21 heavy (non-hydrogen) atoms. The maximum atomic E-state index is 5.84. The molecule has 0 amide bonds. The van der Waals surface area contributed by atoms with Crippen molar-refractivity contribution in [3.8, 4) is 11.5 Å². The van der Waals surface area contributed by atoms with Gasteiger partial charge in [0.2, 0.25) is 0 Å². The average molecular weight is 289 g/mol. The second kappa shape index (κ2) is 7.13. The Balaban J connectivity index is 2.01. The van der Waals surface area contributed by atoms with Crippen LogP contribution >= 0.6 is 0 Å². The van der Waals surface area contributed by atoms with Gasteiger partial charge in [-0.15, -0.1) is 0 Å². The molecule has 1 heterocycles. The van der Waals surface area contributed by atoms with Crippen LogP contribution in [0.15, 0.2) is 30.5 Å². The topological polar surface area (TPSA) is 48.3 Å². The predicted octanol–water partition coefficient (Wildman–Crippen LogP) is 2.33. The van der Waals surface area contributed by atoms with Crippen molar-refractivity contribution in [2.45, 2.75) is 19.4 Å². The van der Waals surface area contributed by atoms with Crippen LogP contribution in [-0.4, -0.2) is 30.5 Å². The molecule has 0 saturated heterocycles. The van der Waals surface area contributed by atoms with Gasteiger partial charge in [0.15, 0.2) is 11.5 Å². The number of ether oxygens (including phenoxy) is 2. The van der Waals surface area contributed by atoms with Crippen LogP contribution in [0, 0.1) is 0 Å². The van der Waals surface area contributed by atoms with Crippen LogP contribution in [0.4, 0.5) is 0 Å². The third-order valence-electron chi connectivity index (χ3n) is 3.66. The molecule has 1 aromatic heterocycles. The monoisotopic (exact) mass is 289 g/mol. The van der Waals surface area contributed by atoms with Gasteiger partial charge in [-0.25, -0.2) is 0 Å². The van der Waals surface area contributed by atoms with Gasteiger partial charge in [-0.2, -0.15) is 5.10 Å². The van der Waals surface area contributed by atoms with Gasteiger partial charge in [-0.3, -0.25) is 4.68 Å². The van der Waals surface area contributed by atoms with E-state index < -0.39 is 0 Å². The minimum atomic E-state index is 0.280. The molecule has 0 aliphatic rings. The van der Waals surface area contributed by atoms with E-state index >= 15 is 0 Å². The van der Waals surface area contributed by atoms with Crippen LogP contribution in [-0.2, 0) is 13.5 Å². The fraction of sp³-hybridized carbons (Fsp3) is 0.438. The van der Waals surface area contributed by atoms with E-state index in [0.29, 0.717) is 6.61 Å². The molecule has 1 aromatic carbocycles.